The van der Waals surface area contributed by atoms with Crippen LogP contribution in [-0.2, 0) is 4.74 Å². The molecule has 2 heteroatoms. The van der Waals surface area contributed by atoms with Gasteiger partial charge in [0.05, 0.1) is 6.61 Å². The van der Waals surface area contributed by atoms with Crippen molar-refractivity contribution in [3.63, 3.8) is 0 Å². The van der Waals surface area contributed by atoms with Gasteiger partial charge in [-0.1, -0.05) is 6.92 Å². The van der Waals surface area contributed by atoms with Gasteiger partial charge in [-0.3, -0.25) is 0 Å². The molecule has 1 N–H and O–H groups in total. The van der Waals surface area contributed by atoms with Crippen LogP contribution in [0.1, 0.15) is 13.3 Å². The second kappa shape index (κ2) is 3.18. The van der Waals surface area contributed by atoms with Crippen LogP contribution in [0.2, 0.25) is 0 Å². The molecule has 54 valence electrons. The second-order valence-corrected chi connectivity index (χ2v) is 2.90. The molecule has 2 nitrogen and oxygen atoms in total. The van der Waals surface area contributed by atoms with Crippen LogP contribution in [0.3, 0.4) is 0 Å². The lowest BCUT2D eigenvalue weighted by molar-refractivity contribution is 0.172. The lowest BCUT2D eigenvalue weighted by atomic mass is 10.1. The van der Waals surface area contributed by atoms with E-state index in [-0.39, 0.29) is 0 Å². The summed E-state index contributed by atoms with van der Waals surface area (Å²) in [5.74, 6) is 0.838. The van der Waals surface area contributed by atoms with Crippen LogP contribution in [0, 0.1) is 5.92 Å². The Hall–Kier alpha value is -0.0800. The molecule has 1 aliphatic rings. The quantitative estimate of drug-likeness (QED) is 0.590. The fourth-order valence-corrected chi connectivity index (χ4v) is 1.35. The van der Waals surface area contributed by atoms with E-state index in [1.807, 2.05) is 0 Å². The molecule has 0 saturated carbocycles. The van der Waals surface area contributed by atoms with Crippen molar-refractivity contribution in [3.05, 3.63) is 0 Å². The average Bonchev–Trinajstić information content (AvgIpc) is 2.17. The summed E-state index contributed by atoms with van der Waals surface area (Å²) in [5, 5.41) is 3.38. The van der Waals surface area contributed by atoms with E-state index in [1.54, 1.807) is 7.11 Å². The molecule has 0 aromatic rings. The van der Waals surface area contributed by atoms with Crippen molar-refractivity contribution in [1.82, 2.24) is 5.32 Å². The molecule has 1 saturated heterocycles. The standard InChI is InChI=1S/C7H15NO/c1-6-3-7(5-9-2)8-4-6/h6-8H,3-5H2,1-2H3/t6-,7-/m0/s1. The fraction of sp³-hybridized carbons (Fsp3) is 1.00. The highest BCUT2D eigenvalue weighted by Crippen LogP contribution is 2.11. The van der Waals surface area contributed by atoms with Crippen molar-refractivity contribution in [3.8, 4) is 0 Å². The molecule has 1 heterocycles. The maximum atomic E-state index is 5.01. The predicted octanol–water partition coefficient (Wildman–Crippen LogP) is 0.631. The zero-order chi connectivity index (χ0) is 6.69. The van der Waals surface area contributed by atoms with Gasteiger partial charge in [0.2, 0.25) is 0 Å². The number of nitrogens with one attached hydrogen (secondary N) is 1. The Morgan fingerprint density at radius 2 is 2.44 bits per heavy atom. The highest BCUT2D eigenvalue weighted by Gasteiger charge is 2.19. The number of ether oxygens (including phenoxy) is 1. The third-order valence-electron chi connectivity index (χ3n) is 1.81. The Bertz CT molecular complexity index is 83.0. The highest BCUT2D eigenvalue weighted by atomic mass is 16.5. The van der Waals surface area contributed by atoms with Crippen molar-refractivity contribution in [2.24, 2.45) is 5.92 Å². The minimum absolute atomic E-state index is 0.616. The summed E-state index contributed by atoms with van der Waals surface area (Å²) < 4.78 is 5.01. The van der Waals surface area contributed by atoms with Crippen LogP contribution in [0.5, 0.6) is 0 Å². The van der Waals surface area contributed by atoms with E-state index in [0.717, 1.165) is 19.1 Å². The third-order valence-corrected chi connectivity index (χ3v) is 1.81. The van der Waals surface area contributed by atoms with Gasteiger partial charge in [0.15, 0.2) is 0 Å². The smallest absolute Gasteiger partial charge is 0.0615 e. The number of rotatable bonds is 2. The number of methoxy groups -OCH3 is 1. The third kappa shape index (κ3) is 1.95. The van der Waals surface area contributed by atoms with Gasteiger partial charge < -0.3 is 10.1 Å². The molecule has 1 rings (SSSR count). The molecule has 0 aromatic carbocycles. The molecular weight excluding hydrogens is 114 g/mol. The SMILES string of the molecule is COC[C@@H]1C[C@H](C)CN1. The van der Waals surface area contributed by atoms with E-state index in [0.29, 0.717) is 6.04 Å². The first-order valence-electron chi connectivity index (χ1n) is 3.55. The first kappa shape index (κ1) is 7.03. The van der Waals surface area contributed by atoms with Gasteiger partial charge in [-0.25, -0.2) is 0 Å². The molecule has 0 unspecified atom stereocenters. The Labute approximate surface area is 56.6 Å². The molecule has 2 atom stereocenters. The summed E-state index contributed by atoms with van der Waals surface area (Å²) in [4.78, 5) is 0. The summed E-state index contributed by atoms with van der Waals surface area (Å²) in [5.41, 5.74) is 0. The zero-order valence-corrected chi connectivity index (χ0v) is 6.18. The van der Waals surface area contributed by atoms with Crippen LogP contribution >= 0.6 is 0 Å². The van der Waals surface area contributed by atoms with E-state index in [4.69, 9.17) is 4.74 Å². The topological polar surface area (TPSA) is 21.3 Å². The molecular formula is C7H15NO. The van der Waals surface area contributed by atoms with Crippen LogP contribution in [-0.4, -0.2) is 26.3 Å². The van der Waals surface area contributed by atoms with Gasteiger partial charge in [0.25, 0.3) is 0 Å². The van der Waals surface area contributed by atoms with E-state index < -0.39 is 0 Å². The Kier molecular flexibility index (Phi) is 2.49. The van der Waals surface area contributed by atoms with Gasteiger partial charge in [0.1, 0.15) is 0 Å². The molecule has 9 heavy (non-hydrogen) atoms. The van der Waals surface area contributed by atoms with Gasteiger partial charge in [0, 0.05) is 13.2 Å². The Morgan fingerprint density at radius 1 is 1.67 bits per heavy atom. The first-order chi connectivity index (χ1) is 4.33. The lowest BCUT2D eigenvalue weighted by Gasteiger charge is -2.06. The van der Waals surface area contributed by atoms with Crippen molar-refractivity contribution in [2.45, 2.75) is 19.4 Å². The summed E-state index contributed by atoms with van der Waals surface area (Å²) in [6.45, 7) is 4.29. The largest absolute Gasteiger partial charge is 0.383 e. The van der Waals surface area contributed by atoms with E-state index in [1.165, 1.54) is 6.42 Å². The van der Waals surface area contributed by atoms with Gasteiger partial charge in [-0.15, -0.1) is 0 Å². The number of hydrogen-bond acceptors (Lipinski definition) is 2. The minimum atomic E-state index is 0.616. The molecule has 1 aliphatic heterocycles. The molecule has 0 aliphatic carbocycles. The molecule has 0 spiro atoms. The monoisotopic (exact) mass is 129 g/mol. The van der Waals surface area contributed by atoms with Crippen LogP contribution < -0.4 is 5.32 Å². The summed E-state index contributed by atoms with van der Waals surface area (Å²) in [6.07, 6.45) is 1.27. The second-order valence-electron chi connectivity index (χ2n) is 2.90. The van der Waals surface area contributed by atoms with Gasteiger partial charge in [-0.2, -0.15) is 0 Å². The Balaban J connectivity index is 2.14. The fourth-order valence-electron chi connectivity index (χ4n) is 1.35. The van der Waals surface area contributed by atoms with Gasteiger partial charge in [-0.05, 0) is 18.9 Å². The van der Waals surface area contributed by atoms with Crippen molar-refractivity contribution < 1.29 is 4.74 Å². The molecule has 0 amide bonds. The average molecular weight is 129 g/mol. The summed E-state index contributed by atoms with van der Waals surface area (Å²) >= 11 is 0. The predicted molar refractivity (Wildman–Crippen MR) is 37.4 cm³/mol. The van der Waals surface area contributed by atoms with Crippen molar-refractivity contribution in [1.29, 1.82) is 0 Å². The van der Waals surface area contributed by atoms with E-state index in [9.17, 15) is 0 Å². The minimum Gasteiger partial charge on any atom is -0.383 e. The normalized spacial score (nSPS) is 35.3. The zero-order valence-electron chi connectivity index (χ0n) is 6.18. The molecule has 0 radical (unpaired) electrons. The summed E-state index contributed by atoms with van der Waals surface area (Å²) in [7, 11) is 1.75. The van der Waals surface area contributed by atoms with Gasteiger partial charge >= 0.3 is 0 Å². The summed E-state index contributed by atoms with van der Waals surface area (Å²) in [6, 6.07) is 0.616. The van der Waals surface area contributed by atoms with Crippen molar-refractivity contribution >= 4 is 0 Å². The van der Waals surface area contributed by atoms with E-state index >= 15 is 0 Å². The maximum Gasteiger partial charge on any atom is 0.0615 e. The maximum absolute atomic E-state index is 5.01. The first-order valence-corrected chi connectivity index (χ1v) is 3.55. The Morgan fingerprint density at radius 3 is 2.89 bits per heavy atom. The lowest BCUT2D eigenvalue weighted by Crippen LogP contribution is -2.25. The highest BCUT2D eigenvalue weighted by molar-refractivity contribution is 4.78. The van der Waals surface area contributed by atoms with Crippen molar-refractivity contribution in [2.75, 3.05) is 20.3 Å². The van der Waals surface area contributed by atoms with Crippen LogP contribution in [0.4, 0.5) is 0 Å². The number of hydrogen-bond donors (Lipinski definition) is 1. The molecule has 0 aromatic heterocycles. The van der Waals surface area contributed by atoms with E-state index in [2.05, 4.69) is 12.2 Å². The van der Waals surface area contributed by atoms with Crippen LogP contribution in [0.25, 0.3) is 0 Å². The molecule has 1 fully saturated rings. The van der Waals surface area contributed by atoms with Crippen LogP contribution in [0.15, 0.2) is 0 Å². The molecule has 0 bridgehead atoms.